The molecule has 0 aliphatic heterocycles. The lowest BCUT2D eigenvalue weighted by Gasteiger charge is -2.00. The average Bonchev–Trinajstić information content (AvgIpc) is 1.63. The second kappa shape index (κ2) is 4.86. The molecular formula is C6H11ClNSi. The summed E-state index contributed by atoms with van der Waals surface area (Å²) < 4.78 is 0. The summed E-state index contributed by atoms with van der Waals surface area (Å²) in [7, 11) is 3.14. The Morgan fingerprint density at radius 1 is 1.56 bits per heavy atom. The van der Waals surface area contributed by atoms with E-state index < -0.39 is 8.11 Å². The van der Waals surface area contributed by atoms with Gasteiger partial charge in [-0.05, 0) is 20.6 Å². The zero-order chi connectivity index (χ0) is 7.28. The Hall–Kier alpha value is 0.0269. The van der Waals surface area contributed by atoms with Crippen LogP contribution in [0.1, 0.15) is 0 Å². The number of rotatable bonds is 1. The highest BCUT2D eigenvalue weighted by Crippen LogP contribution is 1.82. The molecule has 9 heavy (non-hydrogen) atoms. The highest BCUT2D eigenvalue weighted by Gasteiger charge is 1.88. The molecule has 0 amide bonds. The fraction of sp³-hybridized carbons (Fsp3) is 0.667. The van der Waals surface area contributed by atoms with Gasteiger partial charge < -0.3 is 0 Å². The second-order valence-corrected chi connectivity index (χ2v) is 5.09. The molecule has 0 atom stereocenters. The molecule has 0 N–H and O–H groups in total. The maximum Gasteiger partial charge on any atom is 0.250 e. The van der Waals surface area contributed by atoms with Crippen molar-refractivity contribution in [3.8, 4) is 11.5 Å². The molecule has 0 fully saturated rings. The zero-order valence-electron chi connectivity index (χ0n) is 6.03. The summed E-state index contributed by atoms with van der Waals surface area (Å²) in [4.78, 5) is 2.02. The van der Waals surface area contributed by atoms with Gasteiger partial charge in [-0.15, -0.1) is 5.54 Å². The van der Waals surface area contributed by atoms with Gasteiger partial charge in [0.25, 0.3) is 8.11 Å². The van der Waals surface area contributed by atoms with Gasteiger partial charge in [0.2, 0.25) is 0 Å². The number of hydrogen-bond acceptors (Lipinski definition) is 1. The van der Waals surface area contributed by atoms with Gasteiger partial charge >= 0.3 is 0 Å². The summed E-state index contributed by atoms with van der Waals surface area (Å²) in [5.74, 6) is 2.97. The van der Waals surface area contributed by atoms with E-state index in [0.29, 0.717) is 0 Å². The molecule has 0 rings (SSSR count). The Balaban J connectivity index is 3.38. The molecule has 0 aliphatic carbocycles. The van der Waals surface area contributed by atoms with Crippen LogP contribution in [0, 0.1) is 11.5 Å². The minimum atomic E-state index is -0.846. The van der Waals surface area contributed by atoms with Crippen LogP contribution in [0.2, 0.25) is 6.55 Å². The SMILES string of the molecule is CN(C)CC#C[Si](C)Cl. The first-order valence-electron chi connectivity index (χ1n) is 2.75. The molecule has 0 aromatic rings. The zero-order valence-corrected chi connectivity index (χ0v) is 7.79. The predicted octanol–water partition coefficient (Wildman–Crippen LogP) is 0.951. The fourth-order valence-corrected chi connectivity index (χ4v) is 0.843. The van der Waals surface area contributed by atoms with Gasteiger partial charge in [0.1, 0.15) is 0 Å². The molecular weight excluding hydrogens is 150 g/mol. The molecule has 0 unspecified atom stereocenters. The van der Waals surface area contributed by atoms with Crippen LogP contribution in [0.4, 0.5) is 0 Å². The largest absolute Gasteiger partial charge is 0.299 e. The summed E-state index contributed by atoms with van der Waals surface area (Å²) in [6.07, 6.45) is 0. The third-order valence-corrected chi connectivity index (χ3v) is 1.46. The van der Waals surface area contributed by atoms with Crippen molar-refractivity contribution in [1.82, 2.24) is 4.90 Å². The number of hydrogen-bond donors (Lipinski definition) is 0. The quantitative estimate of drug-likeness (QED) is 0.314. The standard InChI is InChI=1S/C6H11ClNSi/c1-8(2)5-4-6-9(3)7/h5H2,1-3H3. The molecule has 0 saturated carbocycles. The Bertz CT molecular complexity index is 123. The maximum absolute atomic E-state index is 5.67. The third-order valence-electron chi connectivity index (χ3n) is 0.656. The first kappa shape index (κ1) is 9.03. The van der Waals surface area contributed by atoms with Crippen LogP contribution in [-0.2, 0) is 0 Å². The minimum Gasteiger partial charge on any atom is -0.299 e. The van der Waals surface area contributed by atoms with Crippen LogP contribution in [0.25, 0.3) is 0 Å². The highest BCUT2D eigenvalue weighted by atomic mass is 35.6. The molecule has 1 nitrogen and oxygen atoms in total. The van der Waals surface area contributed by atoms with Crippen molar-refractivity contribution in [3.63, 3.8) is 0 Å². The molecule has 0 aliphatic rings. The lowest BCUT2D eigenvalue weighted by molar-refractivity contribution is 0.464. The van der Waals surface area contributed by atoms with E-state index in [1.165, 1.54) is 0 Å². The molecule has 1 radical (unpaired) electrons. The molecule has 51 valence electrons. The minimum absolute atomic E-state index is 0.814. The fourth-order valence-electron chi connectivity index (χ4n) is 0.319. The summed E-state index contributed by atoms with van der Waals surface area (Å²) in [6, 6.07) is 0. The first-order chi connectivity index (χ1) is 4.13. The summed E-state index contributed by atoms with van der Waals surface area (Å²) >= 11 is 5.67. The summed E-state index contributed by atoms with van der Waals surface area (Å²) in [5, 5.41) is 0. The second-order valence-electron chi connectivity index (χ2n) is 2.07. The van der Waals surface area contributed by atoms with E-state index in [2.05, 4.69) is 11.5 Å². The van der Waals surface area contributed by atoms with Gasteiger partial charge in [0.05, 0.1) is 6.54 Å². The predicted molar refractivity (Wildman–Crippen MR) is 43.8 cm³/mol. The van der Waals surface area contributed by atoms with Crippen LogP contribution in [0.15, 0.2) is 0 Å². The molecule has 0 aromatic carbocycles. The van der Waals surface area contributed by atoms with E-state index in [4.69, 9.17) is 11.1 Å². The van der Waals surface area contributed by atoms with Crippen molar-refractivity contribution in [2.75, 3.05) is 20.6 Å². The lowest BCUT2D eigenvalue weighted by atomic mass is 10.6. The molecule has 0 saturated heterocycles. The van der Waals surface area contributed by atoms with Crippen LogP contribution in [0.5, 0.6) is 0 Å². The van der Waals surface area contributed by atoms with Crippen molar-refractivity contribution in [2.45, 2.75) is 6.55 Å². The topological polar surface area (TPSA) is 3.24 Å². The van der Waals surface area contributed by atoms with E-state index in [9.17, 15) is 0 Å². The van der Waals surface area contributed by atoms with E-state index in [-0.39, 0.29) is 0 Å². The van der Waals surface area contributed by atoms with Gasteiger partial charge in [-0.1, -0.05) is 5.92 Å². The van der Waals surface area contributed by atoms with Crippen LogP contribution in [0.3, 0.4) is 0 Å². The van der Waals surface area contributed by atoms with Crippen LogP contribution in [-0.4, -0.2) is 33.6 Å². The van der Waals surface area contributed by atoms with Crippen molar-refractivity contribution in [2.24, 2.45) is 0 Å². The summed E-state index contributed by atoms with van der Waals surface area (Å²) in [6.45, 7) is 2.78. The van der Waals surface area contributed by atoms with E-state index in [1.807, 2.05) is 25.5 Å². The Morgan fingerprint density at radius 3 is 2.44 bits per heavy atom. The monoisotopic (exact) mass is 160 g/mol. The van der Waals surface area contributed by atoms with E-state index >= 15 is 0 Å². The van der Waals surface area contributed by atoms with Gasteiger partial charge in [-0.3, -0.25) is 4.90 Å². The Kier molecular flexibility index (Phi) is 4.88. The Labute approximate surface area is 63.3 Å². The van der Waals surface area contributed by atoms with Crippen molar-refractivity contribution >= 4 is 19.2 Å². The molecule has 3 heteroatoms. The number of nitrogens with zero attached hydrogens (tertiary/aromatic N) is 1. The van der Waals surface area contributed by atoms with Crippen LogP contribution >= 0.6 is 11.1 Å². The van der Waals surface area contributed by atoms with Gasteiger partial charge in [-0.2, -0.15) is 11.1 Å². The van der Waals surface area contributed by atoms with Crippen molar-refractivity contribution < 1.29 is 0 Å². The van der Waals surface area contributed by atoms with Crippen LogP contribution < -0.4 is 0 Å². The van der Waals surface area contributed by atoms with E-state index in [0.717, 1.165) is 6.54 Å². The van der Waals surface area contributed by atoms with Crippen molar-refractivity contribution in [1.29, 1.82) is 0 Å². The highest BCUT2D eigenvalue weighted by molar-refractivity contribution is 7.10. The van der Waals surface area contributed by atoms with Crippen molar-refractivity contribution in [3.05, 3.63) is 0 Å². The molecule has 0 spiro atoms. The molecule has 0 aromatic heterocycles. The molecule has 0 bridgehead atoms. The number of halogens is 1. The maximum atomic E-state index is 5.67. The van der Waals surface area contributed by atoms with E-state index in [1.54, 1.807) is 0 Å². The normalized spacial score (nSPS) is 9.56. The first-order valence-corrected chi connectivity index (χ1v) is 5.77. The lowest BCUT2D eigenvalue weighted by Crippen LogP contribution is -2.11. The summed E-state index contributed by atoms with van der Waals surface area (Å²) in [5.41, 5.74) is 2.95. The van der Waals surface area contributed by atoms with Gasteiger partial charge in [0, 0.05) is 0 Å². The Morgan fingerprint density at radius 2 is 2.11 bits per heavy atom. The molecule has 0 heterocycles. The average molecular weight is 161 g/mol. The smallest absolute Gasteiger partial charge is 0.250 e. The third kappa shape index (κ3) is 8.03. The van der Waals surface area contributed by atoms with Gasteiger partial charge in [-0.25, -0.2) is 0 Å². The van der Waals surface area contributed by atoms with Gasteiger partial charge in [0.15, 0.2) is 0 Å².